The summed E-state index contributed by atoms with van der Waals surface area (Å²) < 4.78 is 5.91. The SMILES string of the molecule is CC/C=C/C/C=C/CCCCCCCC(CC(=O)NC(CO)C(O)CCCCCCCCCCCCCCCCCC)OC(=O)CCCCCCC/C=C\CCCCC. The zero-order valence-corrected chi connectivity index (χ0v) is 39.4. The van der Waals surface area contributed by atoms with Crippen LogP contribution < -0.4 is 5.32 Å². The van der Waals surface area contributed by atoms with Gasteiger partial charge in [-0.15, -0.1) is 0 Å². The molecule has 0 heterocycles. The van der Waals surface area contributed by atoms with Crippen molar-refractivity contribution >= 4 is 11.9 Å². The molecule has 0 aliphatic heterocycles. The van der Waals surface area contributed by atoms with Crippen molar-refractivity contribution < 1.29 is 24.5 Å². The van der Waals surface area contributed by atoms with Gasteiger partial charge in [0.1, 0.15) is 6.10 Å². The first kappa shape index (κ1) is 57.1. The number of aliphatic hydroxyl groups is 2. The summed E-state index contributed by atoms with van der Waals surface area (Å²) in [7, 11) is 0. The van der Waals surface area contributed by atoms with Crippen LogP contribution in [0.3, 0.4) is 0 Å². The fourth-order valence-electron chi connectivity index (χ4n) is 7.82. The van der Waals surface area contributed by atoms with Crippen molar-refractivity contribution in [3.8, 4) is 0 Å². The maximum absolute atomic E-state index is 13.2. The Morgan fingerprint density at radius 1 is 0.508 bits per heavy atom. The third-order valence-electron chi connectivity index (χ3n) is 11.7. The molecular weight excluding hydrogens is 731 g/mol. The highest BCUT2D eigenvalue weighted by Gasteiger charge is 2.24. The summed E-state index contributed by atoms with van der Waals surface area (Å²) in [4.78, 5) is 26.1. The van der Waals surface area contributed by atoms with Crippen molar-refractivity contribution in [2.24, 2.45) is 0 Å². The Morgan fingerprint density at radius 3 is 1.42 bits per heavy atom. The minimum atomic E-state index is -0.791. The Morgan fingerprint density at radius 2 is 0.915 bits per heavy atom. The average Bonchev–Trinajstić information content (AvgIpc) is 3.23. The van der Waals surface area contributed by atoms with Gasteiger partial charge in [0.25, 0.3) is 0 Å². The number of allylic oxidation sites excluding steroid dienone is 6. The number of rotatable bonds is 46. The van der Waals surface area contributed by atoms with Gasteiger partial charge in [-0.05, 0) is 77.0 Å². The van der Waals surface area contributed by atoms with E-state index in [4.69, 9.17) is 4.74 Å². The quantitative estimate of drug-likeness (QED) is 0.0323. The number of hydrogen-bond acceptors (Lipinski definition) is 5. The molecule has 0 rings (SSSR count). The van der Waals surface area contributed by atoms with Crippen LogP contribution in [0.15, 0.2) is 36.5 Å². The van der Waals surface area contributed by atoms with Gasteiger partial charge in [-0.2, -0.15) is 0 Å². The first-order valence-corrected chi connectivity index (χ1v) is 25.7. The van der Waals surface area contributed by atoms with E-state index in [0.717, 1.165) is 77.0 Å². The number of amides is 1. The third-order valence-corrected chi connectivity index (χ3v) is 11.7. The van der Waals surface area contributed by atoms with E-state index < -0.39 is 18.2 Å². The molecule has 3 N–H and O–H groups in total. The van der Waals surface area contributed by atoms with Crippen LogP contribution in [0, 0.1) is 0 Å². The molecule has 0 fully saturated rings. The second kappa shape index (κ2) is 47.1. The molecule has 0 spiro atoms. The first-order chi connectivity index (χ1) is 29.0. The lowest BCUT2D eigenvalue weighted by atomic mass is 10.0. The van der Waals surface area contributed by atoms with Crippen molar-refractivity contribution in [1.82, 2.24) is 5.32 Å². The van der Waals surface area contributed by atoms with Crippen LogP contribution in [0.2, 0.25) is 0 Å². The van der Waals surface area contributed by atoms with Crippen LogP contribution in [-0.2, 0) is 14.3 Å². The monoisotopic (exact) mass is 830 g/mol. The molecule has 0 aromatic heterocycles. The standard InChI is InChI=1S/C53H99NO5/c1-4-7-10-13-16-19-22-25-26-27-28-30-33-36-39-42-45-51(56)50(48-55)54-52(57)47-49(44-41-38-35-32-29-23-20-17-14-11-8-5-2)59-53(58)46-43-40-37-34-31-24-21-18-15-12-9-6-3/h8,11,17-18,20-21,49-51,55-56H,4-7,9-10,12-16,19,22-48H2,1-3H3,(H,54,57)/b11-8+,20-17+,21-18-. The van der Waals surface area contributed by atoms with Gasteiger partial charge in [-0.1, -0.05) is 211 Å². The smallest absolute Gasteiger partial charge is 0.306 e. The van der Waals surface area contributed by atoms with E-state index in [1.807, 2.05) is 0 Å². The van der Waals surface area contributed by atoms with Crippen molar-refractivity contribution in [3.05, 3.63) is 36.5 Å². The first-order valence-electron chi connectivity index (χ1n) is 25.7. The number of nitrogens with one attached hydrogen (secondary N) is 1. The number of hydrogen-bond donors (Lipinski definition) is 3. The number of ether oxygens (including phenoxy) is 1. The molecule has 0 aliphatic rings. The minimum absolute atomic E-state index is 0.0667. The summed E-state index contributed by atoms with van der Waals surface area (Å²) >= 11 is 0. The largest absolute Gasteiger partial charge is 0.462 e. The molecule has 0 aromatic carbocycles. The van der Waals surface area contributed by atoms with Gasteiger partial charge in [0.2, 0.25) is 5.91 Å². The number of esters is 1. The van der Waals surface area contributed by atoms with Crippen LogP contribution >= 0.6 is 0 Å². The van der Waals surface area contributed by atoms with E-state index in [1.54, 1.807) is 0 Å². The zero-order chi connectivity index (χ0) is 43.1. The van der Waals surface area contributed by atoms with E-state index in [9.17, 15) is 19.8 Å². The molecule has 3 unspecified atom stereocenters. The highest BCUT2D eigenvalue weighted by atomic mass is 16.5. The van der Waals surface area contributed by atoms with Crippen LogP contribution in [-0.4, -0.2) is 46.9 Å². The van der Waals surface area contributed by atoms with Gasteiger partial charge >= 0.3 is 5.97 Å². The summed E-state index contributed by atoms with van der Waals surface area (Å²) in [5.41, 5.74) is 0. The summed E-state index contributed by atoms with van der Waals surface area (Å²) in [6.45, 7) is 6.36. The van der Waals surface area contributed by atoms with E-state index in [2.05, 4.69) is 62.5 Å². The molecule has 0 aliphatic carbocycles. The third kappa shape index (κ3) is 42.6. The molecule has 346 valence electrons. The molecule has 0 radical (unpaired) electrons. The summed E-state index contributed by atoms with van der Waals surface area (Å²) in [5.74, 6) is -0.492. The predicted molar refractivity (Wildman–Crippen MR) is 255 cm³/mol. The second-order valence-corrected chi connectivity index (χ2v) is 17.5. The molecule has 0 aromatic rings. The Bertz CT molecular complexity index is 977. The number of unbranched alkanes of at least 4 members (excludes halogenated alkanes) is 28. The Kier molecular flexibility index (Phi) is 45.6. The van der Waals surface area contributed by atoms with Gasteiger partial charge in [0.15, 0.2) is 0 Å². The van der Waals surface area contributed by atoms with Crippen molar-refractivity contribution in [1.29, 1.82) is 0 Å². The maximum atomic E-state index is 13.2. The average molecular weight is 830 g/mol. The predicted octanol–water partition coefficient (Wildman–Crippen LogP) is 15.3. The van der Waals surface area contributed by atoms with Crippen molar-refractivity contribution in [2.45, 2.75) is 283 Å². The summed E-state index contributed by atoms with van der Waals surface area (Å²) in [6.07, 6.45) is 54.9. The fourth-order valence-corrected chi connectivity index (χ4v) is 7.82. The van der Waals surface area contributed by atoms with E-state index in [1.165, 1.54) is 141 Å². The molecule has 6 nitrogen and oxygen atoms in total. The molecule has 59 heavy (non-hydrogen) atoms. The highest BCUT2D eigenvalue weighted by Crippen LogP contribution is 2.18. The lowest BCUT2D eigenvalue weighted by Crippen LogP contribution is -2.46. The van der Waals surface area contributed by atoms with Crippen LogP contribution in [0.1, 0.15) is 265 Å². The van der Waals surface area contributed by atoms with E-state index in [-0.39, 0.29) is 24.9 Å². The lowest BCUT2D eigenvalue weighted by Gasteiger charge is -2.24. The van der Waals surface area contributed by atoms with Gasteiger partial charge in [-0.3, -0.25) is 9.59 Å². The second-order valence-electron chi connectivity index (χ2n) is 17.5. The topological polar surface area (TPSA) is 95.9 Å². The molecule has 0 saturated carbocycles. The van der Waals surface area contributed by atoms with Crippen molar-refractivity contribution in [3.63, 3.8) is 0 Å². The lowest BCUT2D eigenvalue weighted by molar-refractivity contribution is -0.151. The van der Waals surface area contributed by atoms with Crippen LogP contribution in [0.4, 0.5) is 0 Å². The van der Waals surface area contributed by atoms with Crippen LogP contribution in [0.25, 0.3) is 0 Å². The van der Waals surface area contributed by atoms with Crippen LogP contribution in [0.5, 0.6) is 0 Å². The Balaban J connectivity index is 4.52. The number of carbonyl (C=O) groups excluding carboxylic acids is 2. The normalized spacial score (nSPS) is 13.5. The summed E-state index contributed by atoms with van der Waals surface area (Å²) in [6, 6.07) is -0.705. The Labute approximate surface area is 366 Å². The van der Waals surface area contributed by atoms with E-state index >= 15 is 0 Å². The molecule has 0 saturated heterocycles. The fraction of sp³-hybridized carbons (Fsp3) is 0.849. The van der Waals surface area contributed by atoms with E-state index in [0.29, 0.717) is 19.3 Å². The maximum Gasteiger partial charge on any atom is 0.306 e. The minimum Gasteiger partial charge on any atom is -0.462 e. The molecule has 6 heteroatoms. The Hall–Kier alpha value is -1.92. The molecule has 3 atom stereocenters. The van der Waals surface area contributed by atoms with Gasteiger partial charge in [0, 0.05) is 6.42 Å². The van der Waals surface area contributed by atoms with Gasteiger partial charge in [0.05, 0.1) is 25.2 Å². The summed E-state index contributed by atoms with van der Waals surface area (Å²) in [5, 5.41) is 23.8. The highest BCUT2D eigenvalue weighted by molar-refractivity contribution is 5.77. The molecule has 0 bridgehead atoms. The van der Waals surface area contributed by atoms with Gasteiger partial charge < -0.3 is 20.3 Å². The molecular formula is C53H99NO5. The zero-order valence-electron chi connectivity index (χ0n) is 39.4. The van der Waals surface area contributed by atoms with Crippen molar-refractivity contribution in [2.75, 3.05) is 6.61 Å². The van der Waals surface area contributed by atoms with Gasteiger partial charge in [-0.25, -0.2) is 0 Å². The number of aliphatic hydroxyl groups excluding tert-OH is 2. The molecule has 1 amide bonds. The number of carbonyl (C=O) groups is 2.